The van der Waals surface area contributed by atoms with Crippen LogP contribution in [0.15, 0.2) is 206 Å². The number of nitrogens with zero attached hydrogens (tertiary/aromatic N) is 2. The van der Waals surface area contributed by atoms with Crippen LogP contribution in [0, 0.1) is 0 Å². The third-order valence-electron chi connectivity index (χ3n) is 10.3. The maximum Gasteiger partial charge on any atom is 0.0619 e. The number of hydrogen-bond acceptors (Lipinski definition) is 1. The summed E-state index contributed by atoms with van der Waals surface area (Å²) in [6.07, 6.45) is 0. The van der Waals surface area contributed by atoms with Crippen molar-refractivity contribution in [3.8, 4) is 27.9 Å². The quantitative estimate of drug-likeness (QED) is 0.172. The van der Waals surface area contributed by atoms with Gasteiger partial charge in [0.25, 0.3) is 0 Å². The molecule has 0 saturated carbocycles. The Balaban J connectivity index is 1.12. The molecule has 0 aliphatic rings. The van der Waals surface area contributed by atoms with E-state index in [1.54, 1.807) is 0 Å². The van der Waals surface area contributed by atoms with Crippen LogP contribution in [0.2, 0.25) is 0 Å². The highest BCUT2D eigenvalue weighted by molar-refractivity contribution is 6.19. The van der Waals surface area contributed by atoms with E-state index in [4.69, 9.17) is 0 Å². The molecule has 0 spiro atoms. The van der Waals surface area contributed by atoms with Gasteiger partial charge in [-0.2, -0.15) is 0 Å². The van der Waals surface area contributed by atoms with Gasteiger partial charge in [0.05, 0.1) is 16.7 Å². The van der Waals surface area contributed by atoms with E-state index >= 15 is 0 Å². The Kier molecular flexibility index (Phi) is 7.18. The minimum Gasteiger partial charge on any atom is -0.310 e. The van der Waals surface area contributed by atoms with Crippen LogP contribution in [0.1, 0.15) is 0 Å². The van der Waals surface area contributed by atoms with Gasteiger partial charge in [-0.25, -0.2) is 0 Å². The Hall–Kier alpha value is -6.90. The van der Waals surface area contributed by atoms with Crippen LogP contribution in [0.5, 0.6) is 0 Å². The molecule has 0 aliphatic heterocycles. The molecule has 2 heteroatoms. The first-order valence-electron chi connectivity index (χ1n) is 17.9. The largest absolute Gasteiger partial charge is 0.310 e. The van der Waals surface area contributed by atoms with E-state index in [0.29, 0.717) is 0 Å². The summed E-state index contributed by atoms with van der Waals surface area (Å²) >= 11 is 0. The molecule has 0 fully saturated rings. The first-order chi connectivity index (χ1) is 25.8. The Morgan fingerprint density at radius 3 is 1.71 bits per heavy atom. The fourth-order valence-electron chi connectivity index (χ4n) is 7.89. The normalized spacial score (nSPS) is 11.5. The summed E-state index contributed by atoms with van der Waals surface area (Å²) < 4.78 is 2.44. The zero-order valence-corrected chi connectivity index (χ0v) is 28.5. The van der Waals surface area contributed by atoms with E-state index in [9.17, 15) is 0 Å². The van der Waals surface area contributed by atoms with E-state index < -0.39 is 0 Å². The lowest BCUT2D eigenvalue weighted by Gasteiger charge is -2.27. The molecule has 2 nitrogen and oxygen atoms in total. The van der Waals surface area contributed by atoms with Gasteiger partial charge >= 0.3 is 0 Å². The second kappa shape index (κ2) is 12.5. The van der Waals surface area contributed by atoms with Crippen LogP contribution >= 0.6 is 0 Å². The summed E-state index contributed by atoms with van der Waals surface area (Å²) in [6, 6.07) is 74.6. The highest BCUT2D eigenvalue weighted by Crippen LogP contribution is 2.42. The van der Waals surface area contributed by atoms with Gasteiger partial charge in [-0.05, 0) is 81.6 Å². The molecule has 0 unspecified atom stereocenters. The minimum absolute atomic E-state index is 1.11. The van der Waals surface area contributed by atoms with Gasteiger partial charge in [-0.1, -0.05) is 158 Å². The lowest BCUT2D eigenvalue weighted by molar-refractivity contribution is 1.19. The van der Waals surface area contributed by atoms with Crippen molar-refractivity contribution >= 4 is 60.4 Å². The molecule has 10 rings (SSSR count). The average Bonchev–Trinajstić information content (AvgIpc) is 3.56. The second-order valence-corrected chi connectivity index (χ2v) is 13.4. The van der Waals surface area contributed by atoms with Crippen molar-refractivity contribution in [2.45, 2.75) is 0 Å². The van der Waals surface area contributed by atoms with Crippen molar-refractivity contribution in [3.05, 3.63) is 206 Å². The molecule has 0 amide bonds. The topological polar surface area (TPSA) is 8.17 Å². The van der Waals surface area contributed by atoms with Crippen LogP contribution in [0.25, 0.3) is 71.3 Å². The van der Waals surface area contributed by atoms with Crippen LogP contribution < -0.4 is 4.90 Å². The highest BCUT2D eigenvalue weighted by Gasteiger charge is 2.18. The molecule has 10 aromatic rings. The summed E-state index contributed by atoms with van der Waals surface area (Å²) in [5.41, 5.74) is 11.7. The van der Waals surface area contributed by atoms with Crippen LogP contribution in [-0.2, 0) is 0 Å². The molecule has 0 radical (unpaired) electrons. The van der Waals surface area contributed by atoms with Gasteiger partial charge in [0.1, 0.15) is 0 Å². The van der Waals surface area contributed by atoms with Crippen molar-refractivity contribution in [2.75, 3.05) is 4.90 Å². The lowest BCUT2D eigenvalue weighted by Crippen LogP contribution is -2.10. The molecule has 9 aromatic carbocycles. The Morgan fingerprint density at radius 2 is 0.904 bits per heavy atom. The molecule has 1 aromatic heterocycles. The standard InChI is InChI=1S/C50H34N2/c1-3-13-35(14-4-1)39-18-11-21-43(33-39)51(48-24-12-17-37-15-7-9-22-44(37)48)42-29-25-36(26-30-42)40-28-31-46-47-32-27-38-16-8-10-23-45(38)50(47)52(49(46)34-40)41-19-5-2-6-20-41/h1-34H. The van der Waals surface area contributed by atoms with Crippen LogP contribution in [-0.4, -0.2) is 4.57 Å². The van der Waals surface area contributed by atoms with Crippen LogP contribution in [0.3, 0.4) is 0 Å². The maximum atomic E-state index is 2.44. The SMILES string of the molecule is c1ccc(-c2cccc(N(c3ccc(-c4ccc5c6ccc7ccccc7c6n(-c6ccccc6)c5c4)cc3)c3cccc4ccccc34)c2)cc1. The zero-order valence-electron chi connectivity index (χ0n) is 28.5. The number of aromatic nitrogens is 1. The van der Waals surface area contributed by atoms with Gasteiger partial charge in [0.15, 0.2) is 0 Å². The number of benzene rings is 9. The smallest absolute Gasteiger partial charge is 0.0619 e. The second-order valence-electron chi connectivity index (χ2n) is 13.4. The molecule has 0 bridgehead atoms. The fraction of sp³-hybridized carbons (Fsp3) is 0. The van der Waals surface area contributed by atoms with Gasteiger partial charge in [0, 0.05) is 38.6 Å². The number of rotatable bonds is 6. The summed E-state index contributed by atoms with van der Waals surface area (Å²) in [7, 11) is 0. The number of fused-ring (bicyclic) bond motifs is 6. The lowest BCUT2D eigenvalue weighted by atomic mass is 10.0. The molecule has 244 valence electrons. The van der Waals surface area contributed by atoms with E-state index in [0.717, 1.165) is 22.7 Å². The molecule has 1 heterocycles. The molecular weight excluding hydrogens is 629 g/mol. The molecule has 0 saturated heterocycles. The Labute approximate surface area is 303 Å². The van der Waals surface area contributed by atoms with Gasteiger partial charge < -0.3 is 9.47 Å². The third-order valence-corrected chi connectivity index (χ3v) is 10.3. The van der Waals surface area contributed by atoms with Crippen molar-refractivity contribution in [3.63, 3.8) is 0 Å². The molecule has 0 N–H and O–H groups in total. The maximum absolute atomic E-state index is 2.44. The minimum atomic E-state index is 1.11. The summed E-state index contributed by atoms with van der Waals surface area (Å²) in [5, 5.41) is 7.46. The Morgan fingerprint density at radius 1 is 0.327 bits per heavy atom. The van der Waals surface area contributed by atoms with E-state index in [1.165, 1.54) is 65.6 Å². The molecule has 52 heavy (non-hydrogen) atoms. The molecule has 0 aliphatic carbocycles. The van der Waals surface area contributed by atoms with Gasteiger partial charge in [-0.3, -0.25) is 0 Å². The first kappa shape index (κ1) is 30.0. The fourth-order valence-corrected chi connectivity index (χ4v) is 7.89. The monoisotopic (exact) mass is 662 g/mol. The number of para-hydroxylation sites is 1. The molecule has 0 atom stereocenters. The number of anilines is 3. The summed E-state index contributed by atoms with van der Waals surface area (Å²) in [6.45, 7) is 0. The van der Waals surface area contributed by atoms with E-state index in [2.05, 4.69) is 216 Å². The average molecular weight is 663 g/mol. The highest BCUT2D eigenvalue weighted by atomic mass is 15.1. The molecular formula is C50H34N2. The zero-order chi connectivity index (χ0) is 34.4. The van der Waals surface area contributed by atoms with Crippen LogP contribution in [0.4, 0.5) is 17.1 Å². The third kappa shape index (κ3) is 5.04. The van der Waals surface area contributed by atoms with Crippen molar-refractivity contribution in [1.82, 2.24) is 4.57 Å². The Bertz CT molecular complexity index is 2880. The van der Waals surface area contributed by atoms with Gasteiger partial charge in [0.2, 0.25) is 0 Å². The predicted molar refractivity (Wildman–Crippen MR) is 221 cm³/mol. The van der Waals surface area contributed by atoms with E-state index in [-0.39, 0.29) is 0 Å². The number of hydrogen-bond donors (Lipinski definition) is 0. The van der Waals surface area contributed by atoms with Crippen molar-refractivity contribution < 1.29 is 0 Å². The summed E-state index contributed by atoms with van der Waals surface area (Å²) in [4.78, 5) is 2.39. The van der Waals surface area contributed by atoms with Gasteiger partial charge in [-0.15, -0.1) is 0 Å². The van der Waals surface area contributed by atoms with E-state index in [1.807, 2.05) is 0 Å². The first-order valence-corrected chi connectivity index (χ1v) is 17.9. The predicted octanol–water partition coefficient (Wildman–Crippen LogP) is 13.9. The summed E-state index contributed by atoms with van der Waals surface area (Å²) in [5.74, 6) is 0. The van der Waals surface area contributed by atoms with Crippen molar-refractivity contribution in [2.24, 2.45) is 0 Å². The van der Waals surface area contributed by atoms with Crippen molar-refractivity contribution in [1.29, 1.82) is 0 Å².